The third-order valence-electron chi connectivity index (χ3n) is 3.59. The van der Waals surface area contributed by atoms with Crippen LogP contribution in [0.3, 0.4) is 0 Å². The number of nitrogens with zero attached hydrogens (tertiary/aromatic N) is 2. The van der Waals surface area contributed by atoms with Gasteiger partial charge in [0.2, 0.25) is 0 Å². The number of likely N-dealkylation sites (tertiary alicyclic amines) is 1. The Kier molecular flexibility index (Phi) is 5.02. The second kappa shape index (κ2) is 6.55. The van der Waals surface area contributed by atoms with E-state index in [1.54, 1.807) is 0 Å². The number of halogens is 1. The highest BCUT2D eigenvalue weighted by atomic mass is 35.5. The van der Waals surface area contributed by atoms with Gasteiger partial charge in [0.05, 0.1) is 0 Å². The van der Waals surface area contributed by atoms with Crippen molar-refractivity contribution in [3.63, 3.8) is 0 Å². The molecule has 1 heterocycles. The first-order valence-electron chi connectivity index (χ1n) is 6.61. The number of nitrogens with two attached hydrogens (primary N) is 1. The predicted molar refractivity (Wildman–Crippen MR) is 86.3 cm³/mol. The molecule has 1 saturated heterocycles. The van der Waals surface area contributed by atoms with E-state index in [-0.39, 0.29) is 0 Å². The third kappa shape index (κ3) is 3.81. The molecule has 0 aliphatic carbocycles. The summed E-state index contributed by atoms with van der Waals surface area (Å²) in [6.45, 7) is 4.45. The van der Waals surface area contributed by atoms with Crippen LogP contribution in [0.2, 0.25) is 5.02 Å². The zero-order valence-corrected chi connectivity index (χ0v) is 12.8. The second-order valence-electron chi connectivity index (χ2n) is 5.00. The van der Waals surface area contributed by atoms with Gasteiger partial charge in [-0.15, -0.1) is 0 Å². The number of rotatable bonds is 5. The molecule has 5 heteroatoms. The Morgan fingerprint density at radius 1 is 1.42 bits per heavy atom. The number of hydrogen-bond donors (Lipinski definition) is 1. The van der Waals surface area contributed by atoms with Crippen molar-refractivity contribution in [2.24, 2.45) is 5.73 Å². The molecule has 0 radical (unpaired) electrons. The summed E-state index contributed by atoms with van der Waals surface area (Å²) in [6.07, 6.45) is 2.64. The van der Waals surface area contributed by atoms with Crippen LogP contribution in [0, 0.1) is 0 Å². The monoisotopic (exact) mass is 297 g/mol. The number of thiocarbonyl (C=S) groups is 1. The van der Waals surface area contributed by atoms with E-state index >= 15 is 0 Å². The Bertz CT molecular complexity index is 458. The summed E-state index contributed by atoms with van der Waals surface area (Å²) in [6, 6.07) is 5.65. The highest BCUT2D eigenvalue weighted by Crippen LogP contribution is 2.24. The van der Waals surface area contributed by atoms with Gasteiger partial charge in [0.25, 0.3) is 0 Å². The van der Waals surface area contributed by atoms with E-state index in [1.165, 1.54) is 25.9 Å². The fraction of sp³-hybridized carbons (Fsp3) is 0.500. The van der Waals surface area contributed by atoms with Gasteiger partial charge in [-0.25, -0.2) is 0 Å². The first kappa shape index (κ1) is 14.6. The van der Waals surface area contributed by atoms with Crippen LogP contribution >= 0.6 is 23.8 Å². The summed E-state index contributed by atoms with van der Waals surface area (Å²) >= 11 is 11.2. The van der Waals surface area contributed by atoms with Crippen LogP contribution in [0.15, 0.2) is 18.2 Å². The lowest BCUT2D eigenvalue weighted by Crippen LogP contribution is -2.32. The number of benzene rings is 1. The van der Waals surface area contributed by atoms with Crippen molar-refractivity contribution in [3.05, 3.63) is 28.8 Å². The summed E-state index contributed by atoms with van der Waals surface area (Å²) in [7, 11) is 2.06. The smallest absolute Gasteiger partial charge is 0.106 e. The zero-order chi connectivity index (χ0) is 13.8. The van der Waals surface area contributed by atoms with Crippen molar-refractivity contribution in [1.29, 1.82) is 0 Å². The van der Waals surface area contributed by atoms with Crippen LogP contribution in [0.1, 0.15) is 18.4 Å². The third-order valence-corrected chi connectivity index (χ3v) is 4.04. The lowest BCUT2D eigenvalue weighted by atomic mass is 10.1. The van der Waals surface area contributed by atoms with Gasteiger partial charge in [-0.05, 0) is 44.1 Å². The molecule has 1 aliphatic heterocycles. The van der Waals surface area contributed by atoms with E-state index in [1.807, 2.05) is 18.2 Å². The number of hydrogen-bond acceptors (Lipinski definition) is 3. The van der Waals surface area contributed by atoms with Gasteiger partial charge >= 0.3 is 0 Å². The molecular weight excluding hydrogens is 278 g/mol. The lowest BCUT2D eigenvalue weighted by Gasteiger charge is -2.25. The van der Waals surface area contributed by atoms with Crippen LogP contribution in [0.25, 0.3) is 0 Å². The van der Waals surface area contributed by atoms with Crippen LogP contribution in [-0.4, -0.2) is 43.1 Å². The highest BCUT2D eigenvalue weighted by Gasteiger charge is 2.14. The second-order valence-corrected chi connectivity index (χ2v) is 5.87. The lowest BCUT2D eigenvalue weighted by molar-refractivity contribution is 0.346. The first-order chi connectivity index (χ1) is 9.08. The molecule has 104 valence electrons. The van der Waals surface area contributed by atoms with E-state index < -0.39 is 0 Å². The summed E-state index contributed by atoms with van der Waals surface area (Å²) < 4.78 is 0. The van der Waals surface area contributed by atoms with Crippen molar-refractivity contribution in [2.75, 3.05) is 38.1 Å². The quantitative estimate of drug-likeness (QED) is 0.847. The van der Waals surface area contributed by atoms with Gasteiger partial charge in [0, 0.05) is 36.4 Å². The fourth-order valence-electron chi connectivity index (χ4n) is 2.45. The van der Waals surface area contributed by atoms with Gasteiger partial charge in [-0.1, -0.05) is 23.8 Å². The van der Waals surface area contributed by atoms with Crippen LogP contribution in [0.5, 0.6) is 0 Å². The van der Waals surface area contributed by atoms with Gasteiger partial charge in [-0.2, -0.15) is 0 Å². The zero-order valence-electron chi connectivity index (χ0n) is 11.2. The fourth-order valence-corrected chi connectivity index (χ4v) is 2.79. The molecule has 0 amide bonds. The van der Waals surface area contributed by atoms with E-state index in [9.17, 15) is 0 Å². The predicted octanol–water partition coefficient (Wildman–Crippen LogP) is 2.51. The minimum atomic E-state index is 0.416. The molecule has 3 nitrogen and oxygen atoms in total. The molecule has 0 saturated carbocycles. The van der Waals surface area contributed by atoms with E-state index in [4.69, 9.17) is 29.6 Å². The van der Waals surface area contributed by atoms with Crippen molar-refractivity contribution >= 4 is 34.5 Å². The Morgan fingerprint density at radius 3 is 2.74 bits per heavy atom. The van der Waals surface area contributed by atoms with Gasteiger partial charge in [0.1, 0.15) is 4.99 Å². The van der Waals surface area contributed by atoms with Crippen molar-refractivity contribution in [2.45, 2.75) is 12.8 Å². The molecule has 0 aromatic heterocycles. The molecule has 2 N–H and O–H groups in total. The Hall–Kier alpha value is -0.840. The summed E-state index contributed by atoms with van der Waals surface area (Å²) in [5.41, 5.74) is 7.68. The average Bonchev–Trinajstić information content (AvgIpc) is 2.88. The molecule has 19 heavy (non-hydrogen) atoms. The summed E-state index contributed by atoms with van der Waals surface area (Å²) in [5.74, 6) is 0. The summed E-state index contributed by atoms with van der Waals surface area (Å²) in [5, 5.41) is 0.711. The maximum atomic E-state index is 6.07. The van der Waals surface area contributed by atoms with Crippen LogP contribution < -0.4 is 10.6 Å². The maximum Gasteiger partial charge on any atom is 0.106 e. The standard InChI is InChI=1S/C14H20ClN3S/c1-17(8-9-18-6-2-3-7-18)13-10-11(15)4-5-12(13)14(16)19/h4-5,10H,2-3,6-9H2,1H3,(H2,16,19). The normalized spacial score (nSPS) is 15.7. The van der Waals surface area contributed by atoms with Crippen LogP contribution in [-0.2, 0) is 0 Å². The first-order valence-corrected chi connectivity index (χ1v) is 7.39. The minimum Gasteiger partial charge on any atom is -0.389 e. The molecular formula is C14H20ClN3S. The molecule has 0 spiro atoms. The number of anilines is 1. The molecule has 0 unspecified atom stereocenters. The van der Waals surface area contributed by atoms with Crippen LogP contribution in [0.4, 0.5) is 5.69 Å². The molecule has 2 rings (SSSR count). The van der Waals surface area contributed by atoms with E-state index in [0.29, 0.717) is 10.0 Å². The van der Waals surface area contributed by atoms with Gasteiger partial charge in [-0.3, -0.25) is 0 Å². The van der Waals surface area contributed by atoms with E-state index in [2.05, 4.69) is 16.8 Å². The average molecular weight is 298 g/mol. The highest BCUT2D eigenvalue weighted by molar-refractivity contribution is 7.80. The molecule has 1 aromatic carbocycles. The molecule has 0 atom stereocenters. The number of likely N-dealkylation sites (N-methyl/N-ethyl adjacent to an activating group) is 1. The molecule has 0 bridgehead atoms. The Balaban J connectivity index is 2.06. The summed E-state index contributed by atoms with van der Waals surface area (Å²) in [4.78, 5) is 5.08. The van der Waals surface area contributed by atoms with Gasteiger partial charge in [0.15, 0.2) is 0 Å². The SMILES string of the molecule is CN(CCN1CCCC1)c1cc(Cl)ccc1C(N)=S. The van der Waals surface area contributed by atoms with E-state index in [0.717, 1.165) is 24.3 Å². The molecule has 1 fully saturated rings. The largest absolute Gasteiger partial charge is 0.389 e. The van der Waals surface area contributed by atoms with Crippen molar-refractivity contribution in [3.8, 4) is 0 Å². The minimum absolute atomic E-state index is 0.416. The maximum absolute atomic E-state index is 6.07. The molecule has 1 aliphatic rings. The van der Waals surface area contributed by atoms with Gasteiger partial charge < -0.3 is 15.5 Å². The Morgan fingerprint density at radius 2 is 2.11 bits per heavy atom. The van der Waals surface area contributed by atoms with Crippen molar-refractivity contribution < 1.29 is 0 Å². The Labute approximate surface area is 125 Å². The van der Waals surface area contributed by atoms with Crippen molar-refractivity contribution in [1.82, 2.24) is 4.90 Å². The molecule has 1 aromatic rings. The topological polar surface area (TPSA) is 32.5 Å².